The van der Waals surface area contributed by atoms with Crippen molar-refractivity contribution in [1.29, 1.82) is 0 Å². The molecule has 1 aromatic heterocycles. The molecule has 5 nitrogen and oxygen atoms in total. The summed E-state index contributed by atoms with van der Waals surface area (Å²) < 4.78 is 1.89. The fourth-order valence-electron chi connectivity index (χ4n) is 4.63. The van der Waals surface area contributed by atoms with Crippen molar-refractivity contribution in [2.24, 2.45) is 0 Å². The summed E-state index contributed by atoms with van der Waals surface area (Å²) in [5, 5.41) is 6.42. The number of hydrogen-bond donors (Lipinski definition) is 0. The van der Waals surface area contributed by atoms with Crippen LogP contribution in [-0.4, -0.2) is 26.9 Å². The van der Waals surface area contributed by atoms with E-state index in [1.807, 2.05) is 35.0 Å². The lowest BCUT2D eigenvalue weighted by molar-refractivity contribution is -0.203. The Morgan fingerprint density at radius 3 is 1.83 bits per heavy atom. The molecule has 3 aromatic carbocycles. The lowest BCUT2D eigenvalue weighted by atomic mass is 9.74. The molecule has 0 radical (unpaired) electrons. The first kappa shape index (κ1) is 18.7. The van der Waals surface area contributed by atoms with Gasteiger partial charge in [-0.05, 0) is 16.7 Å². The average Bonchev–Trinajstić information content (AvgIpc) is 3.43. The van der Waals surface area contributed by atoms with Crippen molar-refractivity contribution in [3.63, 3.8) is 0 Å². The van der Waals surface area contributed by atoms with Gasteiger partial charge >= 0.3 is 0 Å². The van der Waals surface area contributed by atoms with E-state index in [1.165, 1.54) is 5.56 Å². The van der Waals surface area contributed by atoms with Crippen LogP contribution in [0, 0.1) is 0 Å². The Labute approximate surface area is 176 Å². The number of hydrogen-bond acceptors (Lipinski definition) is 4. The Bertz CT molecular complexity index is 1040. The Kier molecular flexibility index (Phi) is 4.69. The van der Waals surface area contributed by atoms with Crippen molar-refractivity contribution < 1.29 is 4.84 Å². The molecule has 2 heterocycles. The molecule has 0 spiro atoms. The van der Waals surface area contributed by atoms with E-state index in [2.05, 4.69) is 82.9 Å². The zero-order valence-corrected chi connectivity index (χ0v) is 16.9. The molecule has 1 aliphatic rings. The first-order chi connectivity index (χ1) is 14.7. The second kappa shape index (κ2) is 7.52. The molecule has 5 heteroatoms. The van der Waals surface area contributed by atoms with E-state index in [4.69, 9.17) is 4.84 Å². The highest BCUT2D eigenvalue weighted by atomic mass is 16.7. The number of likely N-dealkylation sites (N-methyl/N-ethyl adjacent to an activating group) is 1. The molecule has 0 aliphatic carbocycles. The van der Waals surface area contributed by atoms with Gasteiger partial charge < -0.3 is 0 Å². The minimum Gasteiger partial charge on any atom is -0.282 e. The minimum absolute atomic E-state index is 0.416. The van der Waals surface area contributed by atoms with Gasteiger partial charge in [-0.3, -0.25) is 9.52 Å². The fourth-order valence-corrected chi connectivity index (χ4v) is 4.63. The van der Waals surface area contributed by atoms with Gasteiger partial charge in [-0.2, -0.15) is 10.2 Å². The summed E-state index contributed by atoms with van der Waals surface area (Å²) in [6, 6.07) is 31.5. The number of hydroxylamine groups is 2. The van der Waals surface area contributed by atoms with Gasteiger partial charge in [0.05, 0.1) is 12.1 Å². The van der Waals surface area contributed by atoms with Crippen LogP contribution in [0.4, 0.5) is 0 Å². The van der Waals surface area contributed by atoms with E-state index in [9.17, 15) is 0 Å². The van der Waals surface area contributed by atoms with Gasteiger partial charge in [0.2, 0.25) is 0 Å². The number of rotatable bonds is 5. The van der Waals surface area contributed by atoms with Crippen molar-refractivity contribution in [2.75, 3.05) is 7.05 Å². The van der Waals surface area contributed by atoms with Gasteiger partial charge in [-0.25, -0.2) is 4.98 Å². The van der Waals surface area contributed by atoms with Gasteiger partial charge in [0.1, 0.15) is 18.3 Å². The van der Waals surface area contributed by atoms with E-state index in [1.54, 1.807) is 12.7 Å². The molecule has 0 bridgehead atoms. The number of nitrogens with zero attached hydrogens (tertiary/aromatic N) is 4. The van der Waals surface area contributed by atoms with Crippen LogP contribution < -0.4 is 0 Å². The van der Waals surface area contributed by atoms with Crippen LogP contribution in [-0.2, 0) is 22.5 Å². The van der Waals surface area contributed by atoms with Crippen LogP contribution in [0.2, 0.25) is 0 Å². The smallest absolute Gasteiger partial charge is 0.142 e. The van der Waals surface area contributed by atoms with Gasteiger partial charge in [-0.1, -0.05) is 91.0 Å². The monoisotopic (exact) mass is 396 g/mol. The van der Waals surface area contributed by atoms with Crippen LogP contribution in [0.5, 0.6) is 0 Å². The van der Waals surface area contributed by atoms with Gasteiger partial charge in [0.15, 0.2) is 0 Å². The molecule has 1 atom stereocenters. The standard InChI is InChI=1S/C25H24N4O/c1-28-24(18-29-20-26-19-27-29,21-11-5-2-6-12-21)17-25(30-28,22-13-7-3-8-14-22)23-15-9-4-10-16-23/h2-16,19-20H,17-18H2,1H3. The summed E-state index contributed by atoms with van der Waals surface area (Å²) in [6.07, 6.45) is 4.09. The predicted molar refractivity (Wildman–Crippen MR) is 115 cm³/mol. The SMILES string of the molecule is CN1OC(c2ccccc2)(c2ccccc2)CC1(Cn1cncn1)c1ccccc1. The summed E-state index contributed by atoms with van der Waals surface area (Å²) in [5.41, 5.74) is 2.45. The normalized spacial score (nSPS) is 21.0. The van der Waals surface area contributed by atoms with Crippen molar-refractivity contribution in [2.45, 2.75) is 24.1 Å². The predicted octanol–water partition coefficient (Wildman–Crippen LogP) is 4.38. The summed E-state index contributed by atoms with van der Waals surface area (Å²) in [4.78, 5) is 11.0. The first-order valence-electron chi connectivity index (χ1n) is 10.1. The van der Waals surface area contributed by atoms with E-state index in [-0.39, 0.29) is 0 Å². The highest BCUT2D eigenvalue weighted by Gasteiger charge is 2.56. The quantitative estimate of drug-likeness (QED) is 0.502. The van der Waals surface area contributed by atoms with Crippen LogP contribution in [0.3, 0.4) is 0 Å². The maximum absolute atomic E-state index is 6.81. The molecule has 30 heavy (non-hydrogen) atoms. The molecule has 150 valence electrons. The Hall–Kier alpha value is -3.28. The second-order valence-corrected chi connectivity index (χ2v) is 7.82. The summed E-state index contributed by atoms with van der Waals surface area (Å²) in [6.45, 7) is 0.634. The Balaban J connectivity index is 1.70. The molecule has 0 saturated carbocycles. The fraction of sp³-hybridized carbons (Fsp3) is 0.200. The van der Waals surface area contributed by atoms with Crippen molar-refractivity contribution in [3.8, 4) is 0 Å². The summed E-state index contributed by atoms with van der Waals surface area (Å²) in [7, 11) is 2.03. The third-order valence-electron chi connectivity index (χ3n) is 6.12. The molecule has 4 aromatic rings. The first-order valence-corrected chi connectivity index (χ1v) is 10.1. The number of benzene rings is 3. The Morgan fingerprint density at radius 2 is 1.33 bits per heavy atom. The molecule has 1 fully saturated rings. The third-order valence-corrected chi connectivity index (χ3v) is 6.12. The molecule has 1 unspecified atom stereocenters. The maximum Gasteiger partial charge on any atom is 0.142 e. The molecule has 0 amide bonds. The highest BCUT2D eigenvalue weighted by molar-refractivity contribution is 5.40. The maximum atomic E-state index is 6.81. The topological polar surface area (TPSA) is 43.2 Å². The van der Waals surface area contributed by atoms with Crippen molar-refractivity contribution >= 4 is 0 Å². The van der Waals surface area contributed by atoms with Gasteiger partial charge in [-0.15, -0.1) is 0 Å². The molecule has 1 aliphatic heterocycles. The van der Waals surface area contributed by atoms with Crippen LogP contribution in [0.25, 0.3) is 0 Å². The largest absolute Gasteiger partial charge is 0.282 e. The lowest BCUT2D eigenvalue weighted by Crippen LogP contribution is -2.42. The van der Waals surface area contributed by atoms with E-state index in [0.29, 0.717) is 6.54 Å². The molecule has 1 saturated heterocycles. The highest BCUT2D eigenvalue weighted by Crippen LogP contribution is 2.53. The lowest BCUT2D eigenvalue weighted by Gasteiger charge is -2.34. The molecule has 0 N–H and O–H groups in total. The third kappa shape index (κ3) is 3.03. The van der Waals surface area contributed by atoms with Crippen LogP contribution in [0.15, 0.2) is 104 Å². The van der Waals surface area contributed by atoms with Crippen molar-refractivity contribution in [3.05, 3.63) is 120 Å². The zero-order chi connectivity index (χ0) is 20.4. The van der Waals surface area contributed by atoms with Gasteiger partial charge in [0.25, 0.3) is 0 Å². The molecular formula is C25H24N4O. The van der Waals surface area contributed by atoms with Crippen LogP contribution >= 0.6 is 0 Å². The van der Waals surface area contributed by atoms with E-state index < -0.39 is 11.1 Å². The molecular weight excluding hydrogens is 372 g/mol. The van der Waals surface area contributed by atoms with Crippen molar-refractivity contribution in [1.82, 2.24) is 19.8 Å². The Morgan fingerprint density at radius 1 is 0.800 bits per heavy atom. The van der Waals surface area contributed by atoms with Crippen LogP contribution in [0.1, 0.15) is 23.1 Å². The van der Waals surface area contributed by atoms with E-state index >= 15 is 0 Å². The minimum atomic E-state index is -0.603. The second-order valence-electron chi connectivity index (χ2n) is 7.82. The van der Waals surface area contributed by atoms with Gasteiger partial charge in [0, 0.05) is 13.5 Å². The summed E-state index contributed by atoms with van der Waals surface area (Å²) >= 11 is 0. The zero-order valence-electron chi connectivity index (χ0n) is 16.9. The van der Waals surface area contributed by atoms with E-state index in [0.717, 1.165) is 17.5 Å². The number of aromatic nitrogens is 3. The molecule has 5 rings (SSSR count). The average molecular weight is 396 g/mol. The summed E-state index contributed by atoms with van der Waals surface area (Å²) in [5.74, 6) is 0.